The fraction of sp³-hybridized carbons (Fsp3) is 0.471. The maximum Gasteiger partial charge on any atom is 0.410 e. The summed E-state index contributed by atoms with van der Waals surface area (Å²) < 4.78 is 10.5. The van der Waals surface area contributed by atoms with Crippen molar-refractivity contribution >= 4 is 18.0 Å². The molecule has 2 fully saturated rings. The number of carbonyl (C=O) groups excluding carboxylic acids is 2. The summed E-state index contributed by atoms with van der Waals surface area (Å²) in [5, 5.41) is 9.85. The predicted octanol–water partition coefficient (Wildman–Crippen LogP) is 0.528. The van der Waals surface area contributed by atoms with E-state index in [2.05, 4.69) is 0 Å². The first-order chi connectivity index (χ1) is 12.0. The summed E-state index contributed by atoms with van der Waals surface area (Å²) in [7, 11) is 0. The lowest BCUT2D eigenvalue weighted by molar-refractivity contribution is -0.152. The molecule has 3 aliphatic heterocycles. The Labute approximate surface area is 143 Å². The van der Waals surface area contributed by atoms with E-state index in [0.717, 1.165) is 5.56 Å². The molecule has 0 spiro atoms. The Morgan fingerprint density at radius 3 is 2.80 bits per heavy atom. The number of ether oxygens (including phenoxy) is 2. The number of nitrogens with zero attached hydrogens (tertiary/aromatic N) is 2. The Morgan fingerprint density at radius 2 is 2.08 bits per heavy atom. The monoisotopic (exact) mass is 346 g/mol. The highest BCUT2D eigenvalue weighted by Gasteiger charge is 2.57. The van der Waals surface area contributed by atoms with E-state index in [0.29, 0.717) is 18.8 Å². The number of carboxylic acids is 1. The van der Waals surface area contributed by atoms with Gasteiger partial charge in [-0.15, -0.1) is 0 Å². The molecule has 0 bridgehead atoms. The number of para-hydroxylation sites is 1. The van der Waals surface area contributed by atoms with E-state index in [4.69, 9.17) is 9.47 Å². The fourth-order valence-corrected chi connectivity index (χ4v) is 3.86. The topological polar surface area (TPSA) is 96.4 Å². The van der Waals surface area contributed by atoms with Gasteiger partial charge in [0.15, 0.2) is 0 Å². The van der Waals surface area contributed by atoms with Crippen molar-refractivity contribution in [3.05, 3.63) is 29.8 Å². The highest BCUT2D eigenvalue weighted by atomic mass is 16.6. The maximum atomic E-state index is 12.6. The molecule has 1 N–H and O–H groups in total. The third-order valence-corrected chi connectivity index (χ3v) is 5.27. The van der Waals surface area contributed by atoms with Crippen molar-refractivity contribution in [2.45, 2.75) is 5.92 Å². The molecular weight excluding hydrogens is 328 g/mol. The molecule has 0 radical (unpaired) electrons. The minimum atomic E-state index is -1.16. The number of benzene rings is 1. The van der Waals surface area contributed by atoms with Crippen molar-refractivity contribution in [3.63, 3.8) is 0 Å². The second kappa shape index (κ2) is 5.65. The van der Waals surface area contributed by atoms with Gasteiger partial charge in [-0.25, -0.2) is 4.79 Å². The van der Waals surface area contributed by atoms with E-state index in [1.54, 1.807) is 0 Å². The molecule has 0 saturated carbocycles. The SMILES string of the molecule is O=C(CN1CCOC1=O)N1C[C@@H]2c3ccccc3OC[C@]2(C(=O)O)C1. The van der Waals surface area contributed by atoms with Gasteiger partial charge in [-0.1, -0.05) is 18.2 Å². The van der Waals surface area contributed by atoms with Crippen molar-refractivity contribution in [2.24, 2.45) is 5.41 Å². The van der Waals surface area contributed by atoms with Crippen molar-refractivity contribution in [1.29, 1.82) is 0 Å². The van der Waals surface area contributed by atoms with Crippen LogP contribution in [0.5, 0.6) is 5.75 Å². The molecular formula is C17H18N2O6. The van der Waals surface area contributed by atoms with Gasteiger partial charge in [0.1, 0.15) is 30.9 Å². The molecule has 2 saturated heterocycles. The second-order valence-corrected chi connectivity index (χ2v) is 6.65. The average Bonchev–Trinajstić information content (AvgIpc) is 3.19. The van der Waals surface area contributed by atoms with E-state index >= 15 is 0 Å². The molecule has 1 aromatic rings. The number of amides is 2. The van der Waals surface area contributed by atoms with E-state index in [1.807, 2.05) is 24.3 Å². The van der Waals surface area contributed by atoms with Gasteiger partial charge in [-0.3, -0.25) is 14.5 Å². The number of hydrogen-bond donors (Lipinski definition) is 1. The van der Waals surface area contributed by atoms with Gasteiger partial charge in [0.25, 0.3) is 0 Å². The first-order valence-corrected chi connectivity index (χ1v) is 8.16. The van der Waals surface area contributed by atoms with Crippen LogP contribution in [0.15, 0.2) is 24.3 Å². The Kier molecular flexibility index (Phi) is 3.55. The number of carbonyl (C=O) groups is 3. The molecule has 8 nitrogen and oxygen atoms in total. The zero-order chi connectivity index (χ0) is 17.6. The molecule has 0 unspecified atom stereocenters. The number of hydrogen-bond acceptors (Lipinski definition) is 5. The summed E-state index contributed by atoms with van der Waals surface area (Å²) in [4.78, 5) is 39.0. The lowest BCUT2D eigenvalue weighted by atomic mass is 9.73. The normalized spacial score (nSPS) is 27.4. The molecule has 8 heteroatoms. The lowest BCUT2D eigenvalue weighted by Gasteiger charge is -2.35. The quantitative estimate of drug-likeness (QED) is 0.858. The minimum absolute atomic E-state index is 0.0273. The molecule has 3 aliphatic rings. The Hall–Kier alpha value is -2.77. The molecule has 4 rings (SSSR count). The fourth-order valence-electron chi connectivity index (χ4n) is 3.86. The Morgan fingerprint density at radius 1 is 1.28 bits per heavy atom. The summed E-state index contributed by atoms with van der Waals surface area (Å²) in [5.74, 6) is -0.902. The summed E-state index contributed by atoms with van der Waals surface area (Å²) in [6.45, 7) is 0.952. The van der Waals surface area contributed by atoms with Crippen LogP contribution in [0.3, 0.4) is 0 Å². The summed E-state index contributed by atoms with van der Waals surface area (Å²) >= 11 is 0. The van der Waals surface area contributed by atoms with Crippen LogP contribution >= 0.6 is 0 Å². The number of fused-ring (bicyclic) bond motifs is 3. The van der Waals surface area contributed by atoms with Gasteiger partial charge in [-0.05, 0) is 6.07 Å². The molecule has 0 aliphatic carbocycles. The first kappa shape index (κ1) is 15.7. The van der Waals surface area contributed by atoms with Gasteiger partial charge in [-0.2, -0.15) is 0 Å². The second-order valence-electron chi connectivity index (χ2n) is 6.65. The molecule has 3 heterocycles. The van der Waals surface area contributed by atoms with Gasteiger partial charge in [0.2, 0.25) is 5.91 Å². The van der Waals surface area contributed by atoms with Crippen molar-refractivity contribution in [2.75, 3.05) is 39.4 Å². The van der Waals surface area contributed by atoms with Gasteiger partial charge >= 0.3 is 12.1 Å². The minimum Gasteiger partial charge on any atom is -0.492 e. The standard InChI is InChI=1S/C17H18N2O6/c20-14(8-18-5-6-24-16(18)23)19-7-12-11-3-1-2-4-13(11)25-10-17(12,9-19)15(21)22/h1-4,12H,5-10H2,(H,21,22)/t12-,17-/m1/s1. The van der Waals surface area contributed by atoms with Crippen molar-refractivity contribution in [3.8, 4) is 5.75 Å². The molecule has 1 aromatic carbocycles. The first-order valence-electron chi connectivity index (χ1n) is 8.16. The van der Waals surface area contributed by atoms with Crippen molar-refractivity contribution in [1.82, 2.24) is 9.80 Å². The zero-order valence-electron chi connectivity index (χ0n) is 13.5. The number of aliphatic carboxylic acids is 1. The Balaban J connectivity index is 1.59. The smallest absolute Gasteiger partial charge is 0.410 e. The Bertz CT molecular complexity index is 750. The van der Waals surface area contributed by atoms with Crippen LogP contribution in [-0.4, -0.2) is 72.3 Å². The molecule has 132 valence electrons. The number of likely N-dealkylation sites (tertiary alicyclic amines) is 1. The van der Waals surface area contributed by atoms with E-state index in [1.165, 1.54) is 9.80 Å². The van der Waals surface area contributed by atoms with Gasteiger partial charge < -0.3 is 19.5 Å². The van der Waals surface area contributed by atoms with Crippen LogP contribution in [0.4, 0.5) is 4.79 Å². The highest BCUT2D eigenvalue weighted by Crippen LogP contribution is 2.49. The average molecular weight is 346 g/mol. The molecule has 25 heavy (non-hydrogen) atoms. The van der Waals surface area contributed by atoms with Crippen LogP contribution in [0, 0.1) is 5.41 Å². The van der Waals surface area contributed by atoms with Crippen LogP contribution in [-0.2, 0) is 14.3 Å². The third kappa shape index (κ3) is 2.40. The third-order valence-electron chi connectivity index (χ3n) is 5.27. The van der Waals surface area contributed by atoms with Gasteiger partial charge in [0, 0.05) is 24.6 Å². The van der Waals surface area contributed by atoms with Crippen LogP contribution in [0.1, 0.15) is 11.5 Å². The number of cyclic esters (lactones) is 1. The zero-order valence-corrected chi connectivity index (χ0v) is 13.5. The number of rotatable bonds is 3. The molecule has 2 atom stereocenters. The van der Waals surface area contributed by atoms with Crippen LogP contribution < -0.4 is 4.74 Å². The number of carboxylic acid groups (broad SMARTS) is 1. The summed E-state index contributed by atoms with van der Waals surface area (Å²) in [5.41, 5.74) is -0.345. The highest BCUT2D eigenvalue weighted by molar-refractivity contribution is 5.86. The van der Waals surface area contributed by atoms with Crippen LogP contribution in [0.25, 0.3) is 0 Å². The van der Waals surface area contributed by atoms with Crippen molar-refractivity contribution < 1.29 is 29.0 Å². The van der Waals surface area contributed by atoms with E-state index < -0.39 is 17.5 Å². The summed E-state index contributed by atoms with van der Waals surface area (Å²) in [6, 6.07) is 7.34. The maximum absolute atomic E-state index is 12.6. The molecule has 0 aromatic heterocycles. The largest absolute Gasteiger partial charge is 0.492 e. The summed E-state index contributed by atoms with van der Waals surface area (Å²) in [6.07, 6.45) is -0.508. The molecule has 2 amide bonds. The van der Waals surface area contributed by atoms with E-state index in [-0.39, 0.29) is 38.1 Å². The lowest BCUT2D eigenvalue weighted by Crippen LogP contribution is -2.46. The van der Waals surface area contributed by atoms with E-state index in [9.17, 15) is 19.5 Å². The predicted molar refractivity (Wildman–Crippen MR) is 84.2 cm³/mol. The van der Waals surface area contributed by atoms with Gasteiger partial charge in [0.05, 0.1) is 6.54 Å². The van der Waals surface area contributed by atoms with Crippen LogP contribution in [0.2, 0.25) is 0 Å².